The molecule has 0 atom stereocenters. The predicted octanol–water partition coefficient (Wildman–Crippen LogP) is 3.98. The second-order valence-corrected chi connectivity index (χ2v) is 6.35. The van der Waals surface area contributed by atoms with E-state index in [0.29, 0.717) is 12.6 Å². The number of halogens is 1. The SMILES string of the molecule is Cc1ccc(OCc2cccc(CNC3CC3)n2)c(Br)c1. The fraction of sp³-hybridized carbons (Fsp3) is 0.353. The molecule has 0 unspecified atom stereocenters. The van der Waals surface area contributed by atoms with E-state index in [9.17, 15) is 0 Å². The van der Waals surface area contributed by atoms with Gasteiger partial charge in [0, 0.05) is 12.6 Å². The van der Waals surface area contributed by atoms with E-state index in [-0.39, 0.29) is 0 Å². The highest BCUT2D eigenvalue weighted by Gasteiger charge is 2.20. The molecule has 21 heavy (non-hydrogen) atoms. The van der Waals surface area contributed by atoms with E-state index in [4.69, 9.17) is 4.74 Å². The molecule has 1 aliphatic rings. The van der Waals surface area contributed by atoms with Crippen LogP contribution in [-0.2, 0) is 13.2 Å². The number of rotatable bonds is 6. The summed E-state index contributed by atoms with van der Waals surface area (Å²) in [5.41, 5.74) is 3.24. The quantitative estimate of drug-likeness (QED) is 0.858. The first kappa shape index (κ1) is 14.5. The highest BCUT2D eigenvalue weighted by molar-refractivity contribution is 9.10. The van der Waals surface area contributed by atoms with Gasteiger partial charge in [0.15, 0.2) is 0 Å². The van der Waals surface area contributed by atoms with Crippen LogP contribution in [0.25, 0.3) is 0 Å². The fourth-order valence-electron chi connectivity index (χ4n) is 2.12. The Labute approximate surface area is 133 Å². The molecule has 4 heteroatoms. The van der Waals surface area contributed by atoms with Gasteiger partial charge in [-0.05, 0) is 65.5 Å². The second kappa shape index (κ2) is 6.58. The van der Waals surface area contributed by atoms with Crippen LogP contribution in [0.5, 0.6) is 5.75 Å². The van der Waals surface area contributed by atoms with Crippen LogP contribution in [0.4, 0.5) is 0 Å². The molecule has 0 saturated heterocycles. The Kier molecular flexibility index (Phi) is 4.56. The molecule has 1 saturated carbocycles. The minimum atomic E-state index is 0.485. The van der Waals surface area contributed by atoms with Gasteiger partial charge in [-0.2, -0.15) is 0 Å². The van der Waals surface area contributed by atoms with Crippen LogP contribution in [-0.4, -0.2) is 11.0 Å². The van der Waals surface area contributed by atoms with E-state index in [2.05, 4.69) is 45.3 Å². The molecule has 0 radical (unpaired) electrons. The van der Waals surface area contributed by atoms with Crippen molar-refractivity contribution in [3.63, 3.8) is 0 Å². The van der Waals surface area contributed by atoms with E-state index in [1.165, 1.54) is 18.4 Å². The molecule has 0 amide bonds. The molecule has 0 spiro atoms. The Morgan fingerprint density at radius 2 is 2.05 bits per heavy atom. The van der Waals surface area contributed by atoms with Gasteiger partial charge in [0.05, 0.1) is 15.9 Å². The third kappa shape index (κ3) is 4.29. The Balaban J connectivity index is 1.60. The standard InChI is InChI=1S/C17H19BrN2O/c1-12-5-8-17(16(18)9-12)21-11-15-4-2-3-14(20-15)10-19-13-6-7-13/h2-5,8-9,13,19H,6-7,10-11H2,1H3. The molecule has 0 aliphatic heterocycles. The van der Waals surface area contributed by atoms with Crippen molar-refractivity contribution >= 4 is 15.9 Å². The number of aryl methyl sites for hydroxylation is 1. The second-order valence-electron chi connectivity index (χ2n) is 5.50. The van der Waals surface area contributed by atoms with E-state index in [1.54, 1.807) is 0 Å². The normalized spacial score (nSPS) is 14.2. The summed E-state index contributed by atoms with van der Waals surface area (Å²) in [5, 5.41) is 3.48. The lowest BCUT2D eigenvalue weighted by atomic mass is 10.2. The molecule has 1 fully saturated rings. The summed E-state index contributed by atoms with van der Waals surface area (Å²) in [5.74, 6) is 0.851. The van der Waals surface area contributed by atoms with Gasteiger partial charge in [-0.25, -0.2) is 0 Å². The molecule has 110 valence electrons. The highest BCUT2D eigenvalue weighted by atomic mass is 79.9. The molecule has 3 rings (SSSR count). The number of aromatic nitrogens is 1. The monoisotopic (exact) mass is 346 g/mol. The zero-order valence-corrected chi connectivity index (χ0v) is 13.7. The Bertz CT molecular complexity index is 626. The molecular formula is C17H19BrN2O. The van der Waals surface area contributed by atoms with Crippen molar-refractivity contribution in [1.29, 1.82) is 0 Å². The number of hydrogen-bond donors (Lipinski definition) is 1. The number of nitrogens with one attached hydrogen (secondary N) is 1. The minimum Gasteiger partial charge on any atom is -0.486 e. The van der Waals surface area contributed by atoms with Crippen LogP contribution < -0.4 is 10.1 Å². The van der Waals surface area contributed by atoms with Crippen LogP contribution >= 0.6 is 15.9 Å². The van der Waals surface area contributed by atoms with Gasteiger partial charge >= 0.3 is 0 Å². The molecule has 1 aliphatic carbocycles. The van der Waals surface area contributed by atoms with Crippen molar-refractivity contribution in [3.05, 3.63) is 57.8 Å². The Morgan fingerprint density at radius 3 is 2.81 bits per heavy atom. The highest BCUT2D eigenvalue weighted by Crippen LogP contribution is 2.26. The number of hydrogen-bond acceptors (Lipinski definition) is 3. The van der Waals surface area contributed by atoms with Gasteiger partial charge in [0.25, 0.3) is 0 Å². The number of pyridine rings is 1. The van der Waals surface area contributed by atoms with Crippen molar-refractivity contribution < 1.29 is 4.74 Å². The van der Waals surface area contributed by atoms with E-state index in [0.717, 1.165) is 28.2 Å². The summed E-state index contributed by atoms with van der Waals surface area (Å²) in [6.07, 6.45) is 2.59. The van der Waals surface area contributed by atoms with Crippen LogP contribution in [0.15, 0.2) is 40.9 Å². The van der Waals surface area contributed by atoms with Crippen LogP contribution in [0.2, 0.25) is 0 Å². The Hall–Kier alpha value is -1.39. The zero-order chi connectivity index (χ0) is 14.7. The maximum absolute atomic E-state index is 5.84. The van der Waals surface area contributed by atoms with Gasteiger partial charge in [-0.1, -0.05) is 12.1 Å². The molecule has 1 heterocycles. The molecule has 2 aromatic rings. The summed E-state index contributed by atoms with van der Waals surface area (Å²) in [7, 11) is 0. The van der Waals surface area contributed by atoms with Crippen molar-refractivity contribution in [2.75, 3.05) is 0 Å². The van der Waals surface area contributed by atoms with Crippen molar-refractivity contribution in [3.8, 4) is 5.75 Å². The summed E-state index contributed by atoms with van der Waals surface area (Å²) in [6, 6.07) is 12.9. The molecule has 1 N–H and O–H groups in total. The third-order valence-electron chi connectivity index (χ3n) is 3.48. The van der Waals surface area contributed by atoms with E-state index >= 15 is 0 Å². The lowest BCUT2D eigenvalue weighted by molar-refractivity contribution is 0.299. The summed E-state index contributed by atoms with van der Waals surface area (Å²) in [4.78, 5) is 4.63. The summed E-state index contributed by atoms with van der Waals surface area (Å²) < 4.78 is 6.82. The van der Waals surface area contributed by atoms with Crippen LogP contribution in [0, 0.1) is 6.92 Å². The molecular weight excluding hydrogens is 328 g/mol. The smallest absolute Gasteiger partial charge is 0.134 e. The minimum absolute atomic E-state index is 0.485. The maximum Gasteiger partial charge on any atom is 0.134 e. The van der Waals surface area contributed by atoms with Crippen molar-refractivity contribution in [2.45, 2.75) is 39.0 Å². The summed E-state index contributed by atoms with van der Waals surface area (Å²) >= 11 is 3.53. The third-order valence-corrected chi connectivity index (χ3v) is 4.10. The van der Waals surface area contributed by atoms with Gasteiger partial charge in [0.2, 0.25) is 0 Å². The molecule has 1 aromatic heterocycles. The van der Waals surface area contributed by atoms with E-state index in [1.807, 2.05) is 24.3 Å². The van der Waals surface area contributed by atoms with Gasteiger partial charge in [-0.15, -0.1) is 0 Å². The van der Waals surface area contributed by atoms with Gasteiger partial charge in [-0.3, -0.25) is 4.98 Å². The molecule has 0 bridgehead atoms. The molecule has 1 aromatic carbocycles. The van der Waals surface area contributed by atoms with Gasteiger partial charge < -0.3 is 10.1 Å². The molecule has 3 nitrogen and oxygen atoms in total. The van der Waals surface area contributed by atoms with Crippen LogP contribution in [0.3, 0.4) is 0 Å². The lowest BCUT2D eigenvalue weighted by Gasteiger charge is -2.09. The number of nitrogens with zero attached hydrogens (tertiary/aromatic N) is 1. The average molecular weight is 347 g/mol. The lowest BCUT2D eigenvalue weighted by Crippen LogP contribution is -2.16. The first-order chi connectivity index (χ1) is 10.2. The summed E-state index contributed by atoms with van der Waals surface area (Å²) in [6.45, 7) is 3.39. The first-order valence-corrected chi connectivity index (χ1v) is 8.07. The predicted molar refractivity (Wildman–Crippen MR) is 87.3 cm³/mol. The first-order valence-electron chi connectivity index (χ1n) is 7.28. The van der Waals surface area contributed by atoms with Crippen LogP contribution in [0.1, 0.15) is 29.8 Å². The van der Waals surface area contributed by atoms with Crippen molar-refractivity contribution in [2.24, 2.45) is 0 Å². The largest absolute Gasteiger partial charge is 0.486 e. The number of benzene rings is 1. The number of ether oxygens (including phenoxy) is 1. The Morgan fingerprint density at radius 1 is 1.24 bits per heavy atom. The van der Waals surface area contributed by atoms with E-state index < -0.39 is 0 Å². The average Bonchev–Trinajstić information content (AvgIpc) is 3.29. The fourth-order valence-corrected chi connectivity index (χ4v) is 2.73. The van der Waals surface area contributed by atoms with Crippen molar-refractivity contribution in [1.82, 2.24) is 10.3 Å². The zero-order valence-electron chi connectivity index (χ0n) is 12.1. The van der Waals surface area contributed by atoms with Gasteiger partial charge in [0.1, 0.15) is 12.4 Å². The maximum atomic E-state index is 5.84. The topological polar surface area (TPSA) is 34.1 Å².